The smallest absolute Gasteiger partial charge is 0.141 e. The Morgan fingerprint density at radius 2 is 0.933 bits per heavy atom. The van der Waals surface area contributed by atoms with Crippen LogP contribution in [0.4, 0.5) is 0 Å². The van der Waals surface area contributed by atoms with E-state index in [0.717, 1.165) is 10.8 Å². The average molecular weight is 392 g/mol. The lowest BCUT2D eigenvalue weighted by molar-refractivity contribution is 0.129. The summed E-state index contributed by atoms with van der Waals surface area (Å²) in [5.74, 6) is 0.334. The fourth-order valence-electron chi connectivity index (χ4n) is 4.34. The molecule has 3 heteroatoms. The summed E-state index contributed by atoms with van der Waals surface area (Å²) in [7, 11) is 0. The Balaban J connectivity index is 1.94. The van der Waals surface area contributed by atoms with E-state index in [1.807, 2.05) is 78.9 Å². The Kier molecular flexibility index (Phi) is 4.19. The van der Waals surface area contributed by atoms with Crippen molar-refractivity contribution >= 4 is 21.5 Å². The third-order valence-corrected chi connectivity index (χ3v) is 5.77. The van der Waals surface area contributed by atoms with Gasteiger partial charge in [0, 0.05) is 21.9 Å². The predicted molar refractivity (Wildman–Crippen MR) is 120 cm³/mol. The number of phenols is 2. The van der Waals surface area contributed by atoms with Gasteiger partial charge in [0.25, 0.3) is 0 Å². The van der Waals surface area contributed by atoms with Crippen molar-refractivity contribution < 1.29 is 15.3 Å². The number of aliphatic hydroxyl groups is 1. The van der Waals surface area contributed by atoms with Gasteiger partial charge in [0.05, 0.1) is 0 Å². The van der Waals surface area contributed by atoms with Crippen molar-refractivity contribution in [2.45, 2.75) is 5.60 Å². The van der Waals surface area contributed by atoms with Crippen LogP contribution in [0.2, 0.25) is 0 Å². The second-order valence-corrected chi connectivity index (χ2v) is 7.43. The first kappa shape index (κ1) is 18.2. The molecule has 0 aliphatic heterocycles. The molecule has 5 aromatic rings. The van der Waals surface area contributed by atoms with Crippen LogP contribution in [0.1, 0.15) is 16.7 Å². The Morgan fingerprint density at radius 3 is 1.67 bits per heavy atom. The van der Waals surface area contributed by atoms with Crippen molar-refractivity contribution in [3.05, 3.63) is 120 Å². The lowest BCUT2D eigenvalue weighted by atomic mass is 9.76. The molecule has 0 amide bonds. The first-order chi connectivity index (χ1) is 14.6. The van der Waals surface area contributed by atoms with E-state index in [1.165, 1.54) is 0 Å². The topological polar surface area (TPSA) is 60.7 Å². The molecule has 0 heterocycles. The molecule has 0 aliphatic rings. The van der Waals surface area contributed by atoms with Crippen LogP contribution in [0.3, 0.4) is 0 Å². The van der Waals surface area contributed by atoms with E-state index in [4.69, 9.17) is 0 Å². The number of hydrogen-bond donors (Lipinski definition) is 3. The molecular weight excluding hydrogens is 372 g/mol. The van der Waals surface area contributed by atoms with Crippen molar-refractivity contribution in [1.29, 1.82) is 0 Å². The van der Waals surface area contributed by atoms with Crippen molar-refractivity contribution in [2.24, 2.45) is 0 Å². The minimum Gasteiger partial charge on any atom is -0.507 e. The van der Waals surface area contributed by atoms with E-state index in [2.05, 4.69) is 0 Å². The average Bonchev–Trinajstić information content (AvgIpc) is 2.80. The van der Waals surface area contributed by atoms with E-state index in [1.54, 1.807) is 24.3 Å². The van der Waals surface area contributed by atoms with Gasteiger partial charge in [0.2, 0.25) is 0 Å². The van der Waals surface area contributed by atoms with Gasteiger partial charge < -0.3 is 15.3 Å². The molecule has 5 aromatic carbocycles. The molecule has 0 aromatic heterocycles. The molecule has 30 heavy (non-hydrogen) atoms. The molecule has 0 saturated heterocycles. The fourth-order valence-corrected chi connectivity index (χ4v) is 4.34. The molecule has 0 spiro atoms. The molecule has 3 N–H and O–H groups in total. The van der Waals surface area contributed by atoms with Crippen molar-refractivity contribution in [1.82, 2.24) is 0 Å². The second-order valence-electron chi connectivity index (χ2n) is 7.43. The molecule has 1 atom stereocenters. The van der Waals surface area contributed by atoms with Crippen LogP contribution in [0.15, 0.2) is 103 Å². The minimum absolute atomic E-state index is 0.167. The maximum atomic E-state index is 12.4. The highest BCUT2D eigenvalue weighted by atomic mass is 16.3. The highest BCUT2D eigenvalue weighted by Gasteiger charge is 2.37. The van der Waals surface area contributed by atoms with Gasteiger partial charge >= 0.3 is 0 Å². The number of fused-ring (bicyclic) bond motifs is 2. The van der Waals surface area contributed by atoms with Gasteiger partial charge in [-0.25, -0.2) is 0 Å². The Labute approximate surface area is 174 Å². The summed E-state index contributed by atoms with van der Waals surface area (Å²) in [5.41, 5.74) is 0.537. The highest BCUT2D eigenvalue weighted by Crippen LogP contribution is 2.44. The summed E-state index contributed by atoms with van der Waals surface area (Å²) in [6, 6.07) is 31.3. The molecular formula is C27H20O3. The number of phenolic OH excluding ortho intramolecular Hbond substituents is 2. The molecule has 146 valence electrons. The zero-order valence-corrected chi connectivity index (χ0v) is 16.2. The molecule has 0 bridgehead atoms. The van der Waals surface area contributed by atoms with Gasteiger partial charge in [-0.15, -0.1) is 0 Å². The van der Waals surface area contributed by atoms with E-state index < -0.39 is 5.60 Å². The van der Waals surface area contributed by atoms with Crippen LogP contribution in [-0.4, -0.2) is 15.3 Å². The first-order valence-corrected chi connectivity index (χ1v) is 9.81. The molecule has 1 unspecified atom stereocenters. The summed E-state index contributed by atoms with van der Waals surface area (Å²) in [5, 5.41) is 36.1. The van der Waals surface area contributed by atoms with Crippen LogP contribution < -0.4 is 0 Å². The summed E-state index contributed by atoms with van der Waals surface area (Å²) in [4.78, 5) is 0. The monoisotopic (exact) mass is 392 g/mol. The van der Waals surface area contributed by atoms with Gasteiger partial charge in [-0.2, -0.15) is 0 Å². The van der Waals surface area contributed by atoms with Crippen LogP contribution in [0.5, 0.6) is 11.5 Å². The molecule has 3 nitrogen and oxygen atoms in total. The van der Waals surface area contributed by atoms with Crippen LogP contribution in [0.25, 0.3) is 21.5 Å². The van der Waals surface area contributed by atoms with Gasteiger partial charge in [-0.3, -0.25) is 0 Å². The van der Waals surface area contributed by atoms with E-state index in [9.17, 15) is 15.3 Å². The zero-order valence-electron chi connectivity index (χ0n) is 16.2. The van der Waals surface area contributed by atoms with E-state index in [-0.39, 0.29) is 11.5 Å². The standard InChI is InChI=1S/C27H20O3/c28-25-15-7-12-20-22(25)13-6-14-23(20)27(30,18-8-2-1-3-9-18)24-16-17-26(29)21-11-5-4-10-19(21)24/h1-17,28-30H. The lowest BCUT2D eigenvalue weighted by Crippen LogP contribution is -2.29. The highest BCUT2D eigenvalue weighted by molar-refractivity contribution is 5.95. The second kappa shape index (κ2) is 6.90. The zero-order chi connectivity index (χ0) is 20.7. The summed E-state index contributed by atoms with van der Waals surface area (Å²) in [6.07, 6.45) is 0. The van der Waals surface area contributed by atoms with Crippen LogP contribution >= 0.6 is 0 Å². The number of hydrogen-bond acceptors (Lipinski definition) is 3. The normalized spacial score (nSPS) is 13.4. The summed E-state index contributed by atoms with van der Waals surface area (Å²) >= 11 is 0. The van der Waals surface area contributed by atoms with E-state index >= 15 is 0 Å². The van der Waals surface area contributed by atoms with E-state index in [0.29, 0.717) is 27.5 Å². The minimum atomic E-state index is -1.50. The number of rotatable bonds is 3. The molecule has 5 rings (SSSR count). The Morgan fingerprint density at radius 1 is 0.433 bits per heavy atom. The molecule has 0 radical (unpaired) electrons. The lowest BCUT2D eigenvalue weighted by Gasteiger charge is -2.32. The SMILES string of the molecule is Oc1cccc2c(C(O)(c3ccccc3)c3ccc(O)c4ccccc34)cccc12. The van der Waals surface area contributed by atoms with Crippen molar-refractivity contribution in [3.8, 4) is 11.5 Å². The maximum absolute atomic E-state index is 12.4. The number of benzene rings is 5. The van der Waals surface area contributed by atoms with Crippen molar-refractivity contribution in [3.63, 3.8) is 0 Å². The summed E-state index contributed by atoms with van der Waals surface area (Å²) in [6.45, 7) is 0. The Hall–Kier alpha value is -3.82. The fraction of sp³-hybridized carbons (Fsp3) is 0.0370. The van der Waals surface area contributed by atoms with Gasteiger partial charge in [0.15, 0.2) is 0 Å². The maximum Gasteiger partial charge on any atom is 0.141 e. The van der Waals surface area contributed by atoms with Crippen molar-refractivity contribution in [2.75, 3.05) is 0 Å². The van der Waals surface area contributed by atoms with Gasteiger partial charge in [-0.1, -0.05) is 91.0 Å². The predicted octanol–water partition coefficient (Wildman–Crippen LogP) is 5.69. The number of aromatic hydroxyl groups is 2. The third-order valence-electron chi connectivity index (χ3n) is 5.77. The first-order valence-electron chi connectivity index (χ1n) is 9.81. The molecule has 0 fully saturated rings. The Bertz CT molecular complexity index is 1330. The third kappa shape index (κ3) is 2.64. The largest absolute Gasteiger partial charge is 0.507 e. The van der Waals surface area contributed by atoms with Crippen LogP contribution in [-0.2, 0) is 5.60 Å². The molecule has 0 aliphatic carbocycles. The van der Waals surface area contributed by atoms with Gasteiger partial charge in [0.1, 0.15) is 17.1 Å². The van der Waals surface area contributed by atoms with Crippen LogP contribution in [0, 0.1) is 0 Å². The summed E-state index contributed by atoms with van der Waals surface area (Å²) < 4.78 is 0. The molecule has 0 saturated carbocycles. The quantitative estimate of drug-likeness (QED) is 0.346. The van der Waals surface area contributed by atoms with Gasteiger partial charge in [-0.05, 0) is 28.5 Å².